The smallest absolute Gasteiger partial charge is 0.248 e. The van der Waals surface area contributed by atoms with Gasteiger partial charge in [0.2, 0.25) is 21.9 Å². The van der Waals surface area contributed by atoms with E-state index in [1.807, 2.05) is 0 Å². The van der Waals surface area contributed by atoms with Gasteiger partial charge < -0.3 is 0 Å². The highest BCUT2D eigenvalue weighted by Gasteiger charge is 2.29. The normalized spacial score (nSPS) is 16.4. The third kappa shape index (κ3) is 5.02. The molecule has 0 bridgehead atoms. The van der Waals surface area contributed by atoms with Gasteiger partial charge in [-0.15, -0.1) is 5.10 Å². The summed E-state index contributed by atoms with van der Waals surface area (Å²) in [5.74, 6) is -0.789. The maximum Gasteiger partial charge on any atom is 0.248 e. The van der Waals surface area contributed by atoms with Crippen LogP contribution in [0, 0.1) is 11.7 Å². The first-order valence-electron chi connectivity index (χ1n) is 8.32. The van der Waals surface area contributed by atoms with Crippen LogP contribution in [-0.4, -0.2) is 52.7 Å². The van der Waals surface area contributed by atoms with Gasteiger partial charge in [-0.05, 0) is 30.5 Å². The zero-order valence-electron chi connectivity index (χ0n) is 14.6. The van der Waals surface area contributed by atoms with Crippen LogP contribution in [0.25, 0.3) is 0 Å². The summed E-state index contributed by atoms with van der Waals surface area (Å²) in [6.07, 6.45) is 3.51. The number of rotatable bonds is 5. The van der Waals surface area contributed by atoms with E-state index in [0.717, 1.165) is 6.26 Å². The van der Waals surface area contributed by atoms with Gasteiger partial charge in [0.1, 0.15) is 12.1 Å². The van der Waals surface area contributed by atoms with Gasteiger partial charge in [-0.1, -0.05) is 17.7 Å². The fraction of sp³-hybridized carbons (Fsp3) is 0.438. The Balaban J connectivity index is 1.57. The van der Waals surface area contributed by atoms with Gasteiger partial charge in [0.15, 0.2) is 0 Å². The van der Waals surface area contributed by atoms with Crippen LogP contribution in [0.2, 0.25) is 5.02 Å². The van der Waals surface area contributed by atoms with E-state index < -0.39 is 15.8 Å². The number of hydrogen-bond acceptors (Lipinski definition) is 5. The van der Waals surface area contributed by atoms with E-state index in [9.17, 15) is 17.6 Å². The van der Waals surface area contributed by atoms with E-state index in [1.165, 1.54) is 27.4 Å². The summed E-state index contributed by atoms with van der Waals surface area (Å²) < 4.78 is 39.0. The average Bonchev–Trinajstić information content (AvgIpc) is 3.04. The number of piperidine rings is 1. The predicted octanol–water partition coefficient (Wildman–Crippen LogP) is 1.73. The van der Waals surface area contributed by atoms with Crippen LogP contribution in [-0.2, 0) is 21.4 Å². The van der Waals surface area contributed by atoms with Crippen molar-refractivity contribution in [2.24, 2.45) is 5.92 Å². The molecule has 2 heterocycles. The molecule has 1 saturated heterocycles. The summed E-state index contributed by atoms with van der Waals surface area (Å²) in [6.45, 7) is 0.929. The molecule has 1 aromatic carbocycles. The summed E-state index contributed by atoms with van der Waals surface area (Å²) in [6, 6.07) is 4.09. The molecule has 0 saturated carbocycles. The second-order valence-corrected chi connectivity index (χ2v) is 8.82. The highest BCUT2D eigenvalue weighted by molar-refractivity contribution is 7.88. The predicted molar refractivity (Wildman–Crippen MR) is 98.3 cm³/mol. The summed E-state index contributed by atoms with van der Waals surface area (Å²) in [5, 5.41) is 7.11. The van der Waals surface area contributed by atoms with Crippen molar-refractivity contribution in [3.05, 3.63) is 40.9 Å². The van der Waals surface area contributed by atoms with Gasteiger partial charge in [-0.2, -0.15) is 0 Å². The molecular weight excluding hydrogens is 397 g/mol. The largest absolute Gasteiger partial charge is 0.293 e. The van der Waals surface area contributed by atoms with Crippen LogP contribution in [0.1, 0.15) is 18.4 Å². The van der Waals surface area contributed by atoms with E-state index >= 15 is 0 Å². The maximum absolute atomic E-state index is 13.1. The first-order valence-corrected chi connectivity index (χ1v) is 10.5. The zero-order valence-corrected chi connectivity index (χ0v) is 16.2. The molecular formula is C16H19ClFN5O3S. The van der Waals surface area contributed by atoms with Crippen molar-refractivity contribution >= 4 is 33.5 Å². The highest BCUT2D eigenvalue weighted by atomic mass is 35.5. The molecule has 0 unspecified atom stereocenters. The number of amides is 1. The van der Waals surface area contributed by atoms with Crippen LogP contribution < -0.4 is 5.32 Å². The molecule has 8 nitrogen and oxygen atoms in total. The number of carbonyl (C=O) groups is 1. The van der Waals surface area contributed by atoms with E-state index in [-0.39, 0.29) is 29.3 Å². The summed E-state index contributed by atoms with van der Waals surface area (Å²) >= 11 is 6.00. The second kappa shape index (κ2) is 7.91. The molecule has 1 fully saturated rings. The van der Waals surface area contributed by atoms with Crippen molar-refractivity contribution in [2.75, 3.05) is 24.7 Å². The quantitative estimate of drug-likeness (QED) is 0.802. The van der Waals surface area contributed by atoms with E-state index in [1.54, 1.807) is 6.07 Å². The Morgan fingerprint density at radius 1 is 1.37 bits per heavy atom. The third-order valence-electron chi connectivity index (χ3n) is 4.41. The minimum Gasteiger partial charge on any atom is -0.293 e. The Morgan fingerprint density at radius 3 is 2.70 bits per heavy atom. The van der Waals surface area contributed by atoms with Crippen LogP contribution in [0.4, 0.5) is 10.3 Å². The van der Waals surface area contributed by atoms with Crippen molar-refractivity contribution in [1.82, 2.24) is 19.1 Å². The molecule has 3 rings (SSSR count). The van der Waals surface area contributed by atoms with Gasteiger partial charge in [-0.25, -0.2) is 26.8 Å². The lowest BCUT2D eigenvalue weighted by Gasteiger charge is -2.29. The first kappa shape index (κ1) is 19.7. The Kier molecular flexibility index (Phi) is 5.78. The second-order valence-electron chi connectivity index (χ2n) is 6.43. The molecule has 1 amide bonds. The molecule has 0 radical (unpaired) electrons. The average molecular weight is 416 g/mol. The van der Waals surface area contributed by atoms with Crippen molar-refractivity contribution in [3.63, 3.8) is 0 Å². The van der Waals surface area contributed by atoms with Crippen molar-refractivity contribution in [3.8, 4) is 0 Å². The summed E-state index contributed by atoms with van der Waals surface area (Å²) in [4.78, 5) is 16.4. The molecule has 27 heavy (non-hydrogen) atoms. The van der Waals surface area contributed by atoms with E-state index in [2.05, 4.69) is 15.4 Å². The molecule has 1 aliphatic rings. The molecule has 1 N–H and O–H groups in total. The van der Waals surface area contributed by atoms with Gasteiger partial charge in [0.05, 0.1) is 12.8 Å². The van der Waals surface area contributed by atoms with E-state index in [4.69, 9.17) is 11.6 Å². The topological polar surface area (TPSA) is 97.2 Å². The van der Waals surface area contributed by atoms with Gasteiger partial charge >= 0.3 is 0 Å². The van der Waals surface area contributed by atoms with Crippen LogP contribution in [0.3, 0.4) is 0 Å². The number of nitrogens with one attached hydrogen (secondary N) is 1. The van der Waals surface area contributed by atoms with Crippen molar-refractivity contribution < 1.29 is 17.6 Å². The van der Waals surface area contributed by atoms with Crippen LogP contribution in [0.5, 0.6) is 0 Å². The van der Waals surface area contributed by atoms with Crippen molar-refractivity contribution in [1.29, 1.82) is 0 Å². The number of anilines is 1. The number of nitrogens with zero attached hydrogens (tertiary/aromatic N) is 4. The summed E-state index contributed by atoms with van der Waals surface area (Å²) in [7, 11) is -3.23. The molecule has 0 atom stereocenters. The van der Waals surface area contributed by atoms with Gasteiger partial charge in [0, 0.05) is 24.0 Å². The summed E-state index contributed by atoms with van der Waals surface area (Å²) in [5.41, 5.74) is 0.675. The third-order valence-corrected chi connectivity index (χ3v) is 6.07. The molecule has 11 heteroatoms. The Bertz CT molecular complexity index is 941. The highest BCUT2D eigenvalue weighted by Crippen LogP contribution is 2.21. The Labute approximate surface area is 161 Å². The first-order chi connectivity index (χ1) is 12.7. The van der Waals surface area contributed by atoms with Gasteiger partial charge in [0.25, 0.3) is 0 Å². The number of sulfonamides is 1. The fourth-order valence-electron chi connectivity index (χ4n) is 2.91. The maximum atomic E-state index is 13.1. The molecule has 1 aromatic heterocycles. The lowest BCUT2D eigenvalue weighted by Crippen LogP contribution is -2.41. The number of benzene rings is 1. The number of halogens is 2. The molecule has 1 aliphatic heterocycles. The monoisotopic (exact) mass is 415 g/mol. The van der Waals surface area contributed by atoms with Gasteiger partial charge in [-0.3, -0.25) is 10.1 Å². The van der Waals surface area contributed by atoms with Crippen LogP contribution >= 0.6 is 11.6 Å². The van der Waals surface area contributed by atoms with E-state index in [0.29, 0.717) is 31.5 Å². The molecule has 0 aliphatic carbocycles. The Hall–Kier alpha value is -2.04. The standard InChI is InChI=1S/C16H19ClFN5O3S/c1-27(25,26)23-6-4-11(5-7-23)15(24)20-16-19-10-22(21-16)9-12-2-3-13(18)8-14(12)17/h2-3,8,10-11H,4-7,9H2,1H3,(H,20,21,24). The minimum atomic E-state index is -3.23. The number of aromatic nitrogens is 3. The minimum absolute atomic E-state index is 0.156. The molecule has 146 valence electrons. The Morgan fingerprint density at radius 2 is 2.07 bits per heavy atom. The van der Waals surface area contributed by atoms with Crippen LogP contribution in [0.15, 0.2) is 24.5 Å². The van der Waals surface area contributed by atoms with Crippen molar-refractivity contribution in [2.45, 2.75) is 19.4 Å². The lowest BCUT2D eigenvalue weighted by molar-refractivity contribution is -0.121. The SMILES string of the molecule is CS(=O)(=O)N1CCC(C(=O)Nc2ncn(Cc3ccc(F)cc3Cl)n2)CC1. The fourth-order valence-corrected chi connectivity index (χ4v) is 4.02. The number of hydrogen-bond donors (Lipinski definition) is 1. The molecule has 0 spiro atoms. The lowest BCUT2D eigenvalue weighted by atomic mass is 9.97. The molecule has 2 aromatic rings. The zero-order chi connectivity index (χ0) is 19.6. The number of carbonyl (C=O) groups excluding carboxylic acids is 1.